The number of rotatable bonds is 4. The Morgan fingerprint density at radius 1 is 1.37 bits per heavy atom. The van der Waals surface area contributed by atoms with Crippen molar-refractivity contribution in [1.82, 2.24) is 4.98 Å². The van der Waals surface area contributed by atoms with Crippen LogP contribution in [0.25, 0.3) is 0 Å². The lowest BCUT2D eigenvalue weighted by molar-refractivity contribution is 0.102. The fraction of sp³-hybridized carbons (Fsp3) is 0.143. The van der Waals surface area contributed by atoms with E-state index >= 15 is 0 Å². The molecule has 0 bridgehead atoms. The standard InChI is InChI=1S/C14H13ClN2O2/c1-2-19-12-6-7-13(16-9-12)14(18)17-11-5-3-4-10(15)8-11/h3-9H,2H2,1H3,(H,17,18). The van der Waals surface area contributed by atoms with Crippen molar-refractivity contribution in [3.05, 3.63) is 53.3 Å². The van der Waals surface area contributed by atoms with Gasteiger partial charge in [0, 0.05) is 10.7 Å². The molecule has 1 heterocycles. The van der Waals surface area contributed by atoms with E-state index in [1.807, 2.05) is 6.92 Å². The number of nitrogens with zero attached hydrogens (tertiary/aromatic N) is 1. The van der Waals surface area contributed by atoms with Gasteiger partial charge in [-0.05, 0) is 37.3 Å². The van der Waals surface area contributed by atoms with Crippen molar-refractivity contribution >= 4 is 23.2 Å². The van der Waals surface area contributed by atoms with Crippen molar-refractivity contribution in [2.24, 2.45) is 0 Å². The number of anilines is 1. The Labute approximate surface area is 116 Å². The van der Waals surface area contributed by atoms with E-state index in [-0.39, 0.29) is 5.91 Å². The van der Waals surface area contributed by atoms with Gasteiger partial charge in [0.1, 0.15) is 11.4 Å². The number of hydrogen-bond donors (Lipinski definition) is 1. The topological polar surface area (TPSA) is 51.2 Å². The zero-order valence-electron chi connectivity index (χ0n) is 10.4. The highest BCUT2D eigenvalue weighted by molar-refractivity contribution is 6.30. The summed E-state index contributed by atoms with van der Waals surface area (Å²) in [6, 6.07) is 10.3. The lowest BCUT2D eigenvalue weighted by Crippen LogP contribution is -2.13. The van der Waals surface area contributed by atoms with Crippen LogP contribution >= 0.6 is 11.6 Å². The van der Waals surface area contributed by atoms with Crippen LogP contribution in [0.15, 0.2) is 42.6 Å². The maximum absolute atomic E-state index is 11.9. The zero-order chi connectivity index (χ0) is 13.7. The summed E-state index contributed by atoms with van der Waals surface area (Å²) in [5.41, 5.74) is 0.955. The van der Waals surface area contributed by atoms with Crippen molar-refractivity contribution < 1.29 is 9.53 Å². The quantitative estimate of drug-likeness (QED) is 0.931. The first-order chi connectivity index (χ1) is 9.19. The number of carbonyl (C=O) groups excluding carboxylic acids is 1. The van der Waals surface area contributed by atoms with Crippen LogP contribution in [0.3, 0.4) is 0 Å². The van der Waals surface area contributed by atoms with E-state index in [1.165, 1.54) is 6.20 Å². The molecule has 0 aliphatic heterocycles. The molecule has 0 saturated heterocycles. The predicted octanol–water partition coefficient (Wildman–Crippen LogP) is 3.39. The number of nitrogens with one attached hydrogen (secondary N) is 1. The van der Waals surface area contributed by atoms with Gasteiger partial charge in [0.2, 0.25) is 0 Å². The SMILES string of the molecule is CCOc1ccc(C(=O)Nc2cccc(Cl)c2)nc1. The van der Waals surface area contributed by atoms with Crippen molar-refractivity contribution in [1.29, 1.82) is 0 Å². The zero-order valence-corrected chi connectivity index (χ0v) is 11.1. The average molecular weight is 277 g/mol. The Bertz CT molecular complexity index is 570. The van der Waals surface area contributed by atoms with Gasteiger partial charge in [-0.25, -0.2) is 4.98 Å². The van der Waals surface area contributed by atoms with Gasteiger partial charge in [0.15, 0.2) is 0 Å². The summed E-state index contributed by atoms with van der Waals surface area (Å²) in [5.74, 6) is 0.354. The molecule has 4 nitrogen and oxygen atoms in total. The van der Waals surface area contributed by atoms with Crippen LogP contribution in [0.2, 0.25) is 5.02 Å². The molecule has 1 aromatic carbocycles. The Balaban J connectivity index is 2.07. The van der Waals surface area contributed by atoms with Crippen LogP contribution < -0.4 is 10.1 Å². The fourth-order valence-corrected chi connectivity index (χ4v) is 1.72. The number of pyridine rings is 1. The van der Waals surface area contributed by atoms with Crippen molar-refractivity contribution in [3.8, 4) is 5.75 Å². The monoisotopic (exact) mass is 276 g/mol. The van der Waals surface area contributed by atoms with Crippen LogP contribution in [0, 0.1) is 0 Å². The minimum absolute atomic E-state index is 0.287. The molecule has 1 aromatic heterocycles. The number of benzene rings is 1. The average Bonchev–Trinajstić information content (AvgIpc) is 2.40. The van der Waals surface area contributed by atoms with Gasteiger partial charge in [-0.15, -0.1) is 0 Å². The van der Waals surface area contributed by atoms with E-state index in [0.29, 0.717) is 28.8 Å². The van der Waals surface area contributed by atoms with Crippen molar-refractivity contribution in [3.63, 3.8) is 0 Å². The second kappa shape index (κ2) is 6.20. The van der Waals surface area contributed by atoms with Gasteiger partial charge in [0.25, 0.3) is 5.91 Å². The third kappa shape index (κ3) is 3.69. The normalized spacial score (nSPS) is 10.0. The molecule has 2 rings (SSSR count). The first-order valence-corrected chi connectivity index (χ1v) is 6.22. The summed E-state index contributed by atoms with van der Waals surface area (Å²) in [6.07, 6.45) is 1.52. The van der Waals surface area contributed by atoms with Crippen LogP contribution in [0.5, 0.6) is 5.75 Å². The lowest BCUT2D eigenvalue weighted by atomic mass is 10.3. The molecule has 0 aliphatic rings. The maximum Gasteiger partial charge on any atom is 0.274 e. The molecule has 0 radical (unpaired) electrons. The van der Waals surface area contributed by atoms with Gasteiger partial charge < -0.3 is 10.1 Å². The molecule has 1 N–H and O–H groups in total. The van der Waals surface area contributed by atoms with Crippen LogP contribution in [0.4, 0.5) is 5.69 Å². The molecule has 0 spiro atoms. The number of halogens is 1. The minimum atomic E-state index is -0.287. The Morgan fingerprint density at radius 3 is 2.84 bits per heavy atom. The third-order valence-corrected chi connectivity index (χ3v) is 2.60. The smallest absolute Gasteiger partial charge is 0.274 e. The third-order valence-electron chi connectivity index (χ3n) is 2.36. The first-order valence-electron chi connectivity index (χ1n) is 5.85. The number of carbonyl (C=O) groups is 1. The molecule has 5 heteroatoms. The molecule has 19 heavy (non-hydrogen) atoms. The maximum atomic E-state index is 11.9. The fourth-order valence-electron chi connectivity index (χ4n) is 1.53. The summed E-state index contributed by atoms with van der Waals surface area (Å²) in [6.45, 7) is 2.45. The number of amides is 1. The minimum Gasteiger partial charge on any atom is -0.492 e. The van der Waals surface area contributed by atoms with Gasteiger partial charge in [-0.1, -0.05) is 17.7 Å². The van der Waals surface area contributed by atoms with E-state index in [2.05, 4.69) is 10.3 Å². The van der Waals surface area contributed by atoms with Crippen LogP contribution in [-0.4, -0.2) is 17.5 Å². The van der Waals surface area contributed by atoms with Crippen LogP contribution in [-0.2, 0) is 0 Å². The second-order valence-corrected chi connectivity index (χ2v) is 4.21. The molecule has 0 atom stereocenters. The Kier molecular flexibility index (Phi) is 4.36. The Hall–Kier alpha value is -2.07. The molecule has 2 aromatic rings. The summed E-state index contributed by atoms with van der Waals surface area (Å²) in [4.78, 5) is 16.0. The molecule has 1 amide bonds. The molecule has 0 saturated carbocycles. The number of hydrogen-bond acceptors (Lipinski definition) is 3. The number of aromatic nitrogens is 1. The summed E-state index contributed by atoms with van der Waals surface area (Å²) in [5, 5.41) is 3.29. The highest BCUT2D eigenvalue weighted by Crippen LogP contribution is 2.16. The Morgan fingerprint density at radius 2 is 2.21 bits per heavy atom. The van der Waals surface area contributed by atoms with Crippen molar-refractivity contribution in [2.45, 2.75) is 6.92 Å². The van der Waals surface area contributed by atoms with Gasteiger partial charge >= 0.3 is 0 Å². The van der Waals surface area contributed by atoms with Gasteiger partial charge in [-0.3, -0.25) is 4.79 Å². The molecule has 0 unspecified atom stereocenters. The molecular formula is C14H13ClN2O2. The number of ether oxygens (including phenoxy) is 1. The van der Waals surface area contributed by atoms with Crippen molar-refractivity contribution in [2.75, 3.05) is 11.9 Å². The van der Waals surface area contributed by atoms with E-state index in [9.17, 15) is 4.79 Å². The van der Waals surface area contributed by atoms with E-state index < -0.39 is 0 Å². The van der Waals surface area contributed by atoms with E-state index in [0.717, 1.165) is 0 Å². The summed E-state index contributed by atoms with van der Waals surface area (Å²) < 4.78 is 5.26. The summed E-state index contributed by atoms with van der Waals surface area (Å²) >= 11 is 5.85. The van der Waals surface area contributed by atoms with E-state index in [1.54, 1.807) is 36.4 Å². The lowest BCUT2D eigenvalue weighted by Gasteiger charge is -2.06. The molecule has 98 valence electrons. The molecular weight excluding hydrogens is 264 g/mol. The molecule has 0 fully saturated rings. The first kappa shape index (κ1) is 13.4. The largest absolute Gasteiger partial charge is 0.492 e. The van der Waals surface area contributed by atoms with E-state index in [4.69, 9.17) is 16.3 Å². The highest BCUT2D eigenvalue weighted by Gasteiger charge is 2.08. The highest BCUT2D eigenvalue weighted by atomic mass is 35.5. The predicted molar refractivity (Wildman–Crippen MR) is 74.8 cm³/mol. The molecule has 0 aliphatic carbocycles. The van der Waals surface area contributed by atoms with Crippen LogP contribution in [0.1, 0.15) is 17.4 Å². The van der Waals surface area contributed by atoms with Gasteiger partial charge in [0.05, 0.1) is 12.8 Å². The summed E-state index contributed by atoms with van der Waals surface area (Å²) in [7, 11) is 0. The van der Waals surface area contributed by atoms with Gasteiger partial charge in [-0.2, -0.15) is 0 Å². The second-order valence-electron chi connectivity index (χ2n) is 3.78.